The molecule has 1 aromatic heterocycles. The number of aryl methyl sites for hydroxylation is 1. The van der Waals surface area contributed by atoms with Gasteiger partial charge in [0.25, 0.3) is 0 Å². The highest BCUT2D eigenvalue weighted by Crippen LogP contribution is 2.50. The Kier molecular flexibility index (Phi) is 8.77. The van der Waals surface area contributed by atoms with Gasteiger partial charge in [-0.25, -0.2) is 8.78 Å². The molecule has 2 aliphatic carbocycles. The van der Waals surface area contributed by atoms with Gasteiger partial charge in [-0.2, -0.15) is 13.5 Å². The molecule has 2 aliphatic rings. The third-order valence-electron chi connectivity index (χ3n) is 7.86. The molecule has 0 spiro atoms. The smallest absolute Gasteiger partial charge is 0.172 e. The van der Waals surface area contributed by atoms with Crippen molar-refractivity contribution in [2.45, 2.75) is 82.7 Å². The molecule has 6 heteroatoms. The van der Waals surface area contributed by atoms with Gasteiger partial charge in [0.05, 0.1) is 7.11 Å². The molecular weight excluding hydrogens is 452 g/mol. The molecule has 4 rings (SSSR count). The first-order valence-corrected chi connectivity index (χ1v) is 12.3. The quantitative estimate of drug-likeness (QED) is 0.378. The Bertz CT molecular complexity index is 984. The van der Waals surface area contributed by atoms with Crippen molar-refractivity contribution in [3.63, 3.8) is 0 Å². The van der Waals surface area contributed by atoms with E-state index in [0.29, 0.717) is 11.7 Å². The topological polar surface area (TPSA) is 39.2 Å². The van der Waals surface area contributed by atoms with Crippen LogP contribution in [0, 0.1) is 17.7 Å². The Morgan fingerprint density at radius 1 is 1.15 bits per heavy atom. The number of hydrogen-bond acceptors (Lipinski definition) is 3. The second kappa shape index (κ2) is 11.2. The number of carbonyl (C=O) groups excluding carboxylic acids is 1. The van der Waals surface area contributed by atoms with Crippen LogP contribution in [0.15, 0.2) is 36.5 Å². The molecule has 2 atom stereocenters. The molecule has 1 heterocycles. The number of nitrogens with zero attached hydrogens (tertiary/aromatic N) is 1. The number of ketones is 1. The lowest BCUT2D eigenvalue weighted by atomic mass is 9.76. The first-order chi connectivity index (χ1) is 15.8. The van der Waals surface area contributed by atoms with Crippen molar-refractivity contribution in [2.24, 2.45) is 11.8 Å². The monoisotopic (exact) mass is 489 g/mol. The maximum absolute atomic E-state index is 15.3. The van der Waals surface area contributed by atoms with Crippen molar-refractivity contribution in [1.29, 1.82) is 0 Å². The van der Waals surface area contributed by atoms with Gasteiger partial charge in [-0.05, 0) is 124 Å². The van der Waals surface area contributed by atoms with Gasteiger partial charge in [-0.1, -0.05) is 0 Å². The average Bonchev–Trinajstić information content (AvgIpc) is 3.63. The second-order valence-electron chi connectivity index (χ2n) is 10.2. The number of methoxy groups -OCH3 is 1. The molecular formula is C28H37F2NO2S. The van der Waals surface area contributed by atoms with E-state index >= 15 is 4.39 Å². The van der Waals surface area contributed by atoms with Crippen molar-refractivity contribution in [3.05, 3.63) is 59.2 Å². The van der Waals surface area contributed by atoms with E-state index in [1.54, 1.807) is 19.4 Å². The summed E-state index contributed by atoms with van der Waals surface area (Å²) >= 11 is 0. The lowest BCUT2D eigenvalue weighted by molar-refractivity contribution is -0.129. The number of Topliss-reactive ketones (excluding diaryl/α,β-unsaturated/α-hetero) is 1. The Morgan fingerprint density at radius 2 is 1.85 bits per heavy atom. The summed E-state index contributed by atoms with van der Waals surface area (Å²) in [6.45, 7) is 2.78. The highest BCUT2D eigenvalue weighted by Gasteiger charge is 2.48. The lowest BCUT2D eigenvalue weighted by Gasteiger charge is -2.30. The third kappa shape index (κ3) is 5.99. The summed E-state index contributed by atoms with van der Waals surface area (Å²) in [4.78, 5) is 16.5. The van der Waals surface area contributed by atoms with Crippen molar-refractivity contribution in [1.82, 2.24) is 4.98 Å². The van der Waals surface area contributed by atoms with Gasteiger partial charge in [0.2, 0.25) is 0 Å². The molecule has 2 aromatic rings. The van der Waals surface area contributed by atoms with Crippen molar-refractivity contribution < 1.29 is 18.3 Å². The molecule has 1 aromatic carbocycles. The SMILES string of the molecule is COc1ccc(F)c(C2CCC(CCc3cc([C@H](C4CC4)C(C)(F)C(C)=O)ccn3)CC2)c1.S. The number of rotatable bonds is 9. The molecule has 2 saturated carbocycles. The van der Waals surface area contributed by atoms with Crippen LogP contribution in [0.25, 0.3) is 0 Å². The van der Waals surface area contributed by atoms with Gasteiger partial charge in [0.1, 0.15) is 11.6 Å². The molecule has 0 saturated heterocycles. The lowest BCUT2D eigenvalue weighted by Crippen LogP contribution is -2.36. The zero-order chi connectivity index (χ0) is 23.6. The van der Waals surface area contributed by atoms with Crippen LogP contribution in [0.3, 0.4) is 0 Å². The van der Waals surface area contributed by atoms with E-state index in [2.05, 4.69) is 4.98 Å². The van der Waals surface area contributed by atoms with Crippen LogP contribution in [-0.2, 0) is 11.2 Å². The first kappa shape index (κ1) is 26.7. The van der Waals surface area contributed by atoms with Crippen molar-refractivity contribution in [2.75, 3.05) is 7.11 Å². The van der Waals surface area contributed by atoms with Crippen molar-refractivity contribution in [3.8, 4) is 5.75 Å². The molecule has 2 fully saturated rings. The van der Waals surface area contributed by atoms with Gasteiger partial charge in [0, 0.05) is 17.8 Å². The van der Waals surface area contributed by atoms with Crippen LogP contribution in [0.4, 0.5) is 8.78 Å². The minimum Gasteiger partial charge on any atom is -0.497 e. The van der Waals surface area contributed by atoms with Gasteiger partial charge < -0.3 is 4.74 Å². The van der Waals surface area contributed by atoms with Crippen LogP contribution in [-0.4, -0.2) is 23.5 Å². The van der Waals surface area contributed by atoms with E-state index in [0.717, 1.165) is 68.2 Å². The van der Waals surface area contributed by atoms with E-state index < -0.39 is 11.5 Å². The molecule has 0 aliphatic heterocycles. The fraction of sp³-hybridized carbons (Fsp3) is 0.571. The molecule has 34 heavy (non-hydrogen) atoms. The summed E-state index contributed by atoms with van der Waals surface area (Å²) in [6.07, 6.45) is 9.68. The predicted molar refractivity (Wildman–Crippen MR) is 136 cm³/mol. The number of pyridine rings is 1. The van der Waals surface area contributed by atoms with E-state index in [-0.39, 0.29) is 37.1 Å². The van der Waals surface area contributed by atoms with Gasteiger partial charge in [0.15, 0.2) is 11.5 Å². The largest absolute Gasteiger partial charge is 0.497 e. The number of aromatic nitrogens is 1. The number of benzene rings is 1. The molecule has 1 unspecified atom stereocenters. The third-order valence-corrected chi connectivity index (χ3v) is 7.86. The number of halogens is 2. The van der Waals surface area contributed by atoms with Crippen LogP contribution >= 0.6 is 13.5 Å². The maximum atomic E-state index is 15.3. The van der Waals surface area contributed by atoms with E-state index in [1.807, 2.05) is 18.2 Å². The summed E-state index contributed by atoms with van der Waals surface area (Å²) in [5, 5.41) is 0. The standard InChI is InChI=1S/C28H35F2NO2.H2S/c1-18(32)28(2,30)27(21-9-10-21)22-14-15-31-23(16-22)11-6-19-4-7-20(8-5-19)25-17-24(33-3)12-13-26(25)29;/h12-17,19-21,27H,4-11H2,1-3H3;1H2/t19?,20?,27-,28?;/m0./s1. The van der Waals surface area contributed by atoms with Crippen LogP contribution in [0.5, 0.6) is 5.75 Å². The van der Waals surface area contributed by atoms with Crippen LogP contribution < -0.4 is 4.74 Å². The fourth-order valence-electron chi connectivity index (χ4n) is 5.58. The minimum absolute atomic E-state index is 0. The van der Waals surface area contributed by atoms with E-state index in [1.165, 1.54) is 19.9 Å². The van der Waals surface area contributed by atoms with E-state index in [4.69, 9.17) is 4.74 Å². The molecule has 0 N–H and O–H groups in total. The average molecular weight is 490 g/mol. The summed E-state index contributed by atoms with van der Waals surface area (Å²) in [6, 6.07) is 8.90. The number of carbonyl (C=O) groups is 1. The zero-order valence-corrected chi connectivity index (χ0v) is 21.4. The Morgan fingerprint density at radius 3 is 2.47 bits per heavy atom. The first-order valence-electron chi connectivity index (χ1n) is 12.3. The molecule has 0 bridgehead atoms. The normalized spacial score (nSPS) is 22.9. The Hall–Kier alpha value is -1.95. The Balaban J connectivity index is 0.00000324. The highest BCUT2D eigenvalue weighted by atomic mass is 32.1. The maximum Gasteiger partial charge on any atom is 0.172 e. The molecule has 0 radical (unpaired) electrons. The zero-order valence-electron chi connectivity index (χ0n) is 20.4. The van der Waals surface area contributed by atoms with Crippen LogP contribution in [0.1, 0.15) is 87.4 Å². The van der Waals surface area contributed by atoms with E-state index in [9.17, 15) is 9.18 Å². The summed E-state index contributed by atoms with van der Waals surface area (Å²) in [5.41, 5.74) is 0.805. The number of hydrogen-bond donors (Lipinski definition) is 0. The highest BCUT2D eigenvalue weighted by molar-refractivity contribution is 7.59. The van der Waals surface area contributed by atoms with Gasteiger partial charge in [-0.15, -0.1) is 0 Å². The van der Waals surface area contributed by atoms with Crippen molar-refractivity contribution >= 4 is 19.3 Å². The molecule has 3 nitrogen and oxygen atoms in total. The number of alkyl halides is 1. The molecule has 186 valence electrons. The summed E-state index contributed by atoms with van der Waals surface area (Å²) in [7, 11) is 1.61. The fourth-order valence-corrected chi connectivity index (χ4v) is 5.58. The van der Waals surface area contributed by atoms with Gasteiger partial charge in [-0.3, -0.25) is 9.78 Å². The molecule has 0 amide bonds. The summed E-state index contributed by atoms with van der Waals surface area (Å²) < 4.78 is 34.9. The van der Waals surface area contributed by atoms with Crippen LogP contribution in [0.2, 0.25) is 0 Å². The van der Waals surface area contributed by atoms with Gasteiger partial charge >= 0.3 is 0 Å². The Labute approximate surface area is 209 Å². The summed E-state index contributed by atoms with van der Waals surface area (Å²) in [5.74, 6) is 0.849. The number of ether oxygens (including phenoxy) is 1. The predicted octanol–water partition coefficient (Wildman–Crippen LogP) is 7.06. The minimum atomic E-state index is -1.84. The second-order valence-corrected chi connectivity index (χ2v) is 10.2.